The number of methoxy groups -OCH3 is 1. The number of aromatic nitrogens is 2. The molecule has 120 valence electrons. The lowest BCUT2D eigenvalue weighted by Crippen LogP contribution is -2.24. The zero-order valence-electron chi connectivity index (χ0n) is 13.3. The summed E-state index contributed by atoms with van der Waals surface area (Å²) in [7, 11) is 3.55. The standard InChI is InChI=1S/C16H23N3O3/c1-12-4-6-13(7-5-12)14(20)10-19(2)11-16-17-15(18-22-16)8-9-21-3/h4-7,14,20H,8-11H2,1-3H3. The van der Waals surface area contributed by atoms with Gasteiger partial charge in [-0.3, -0.25) is 4.90 Å². The summed E-state index contributed by atoms with van der Waals surface area (Å²) in [6.07, 6.45) is 0.0943. The minimum atomic E-state index is -0.540. The molecule has 0 aliphatic rings. The van der Waals surface area contributed by atoms with Crippen LogP contribution in [0.3, 0.4) is 0 Å². The Kier molecular flexibility index (Phi) is 6.06. The van der Waals surface area contributed by atoms with Gasteiger partial charge in [-0.2, -0.15) is 4.98 Å². The van der Waals surface area contributed by atoms with E-state index in [2.05, 4.69) is 10.1 Å². The highest BCUT2D eigenvalue weighted by Gasteiger charge is 2.14. The molecular formula is C16H23N3O3. The quantitative estimate of drug-likeness (QED) is 0.801. The van der Waals surface area contributed by atoms with Gasteiger partial charge >= 0.3 is 0 Å². The Balaban J connectivity index is 1.85. The molecule has 1 heterocycles. The van der Waals surface area contributed by atoms with Gasteiger partial charge in [-0.25, -0.2) is 0 Å². The van der Waals surface area contributed by atoms with E-state index in [9.17, 15) is 5.11 Å². The number of hydrogen-bond donors (Lipinski definition) is 1. The van der Waals surface area contributed by atoms with Crippen molar-refractivity contribution in [3.05, 3.63) is 47.1 Å². The Morgan fingerprint density at radius 3 is 2.73 bits per heavy atom. The third kappa shape index (κ3) is 4.91. The van der Waals surface area contributed by atoms with E-state index in [0.717, 1.165) is 5.56 Å². The minimum absolute atomic E-state index is 0.499. The number of nitrogens with zero attached hydrogens (tertiary/aromatic N) is 3. The van der Waals surface area contributed by atoms with Gasteiger partial charge in [0.1, 0.15) is 0 Å². The second kappa shape index (κ2) is 8.03. The number of aliphatic hydroxyl groups is 1. The normalized spacial score (nSPS) is 12.8. The Morgan fingerprint density at radius 1 is 1.32 bits per heavy atom. The third-order valence-electron chi connectivity index (χ3n) is 3.39. The Hall–Kier alpha value is -1.76. The smallest absolute Gasteiger partial charge is 0.240 e. The first-order valence-corrected chi connectivity index (χ1v) is 7.32. The van der Waals surface area contributed by atoms with Gasteiger partial charge < -0.3 is 14.4 Å². The van der Waals surface area contributed by atoms with Crippen LogP contribution in [0.2, 0.25) is 0 Å². The Labute approximate surface area is 130 Å². The fourth-order valence-electron chi connectivity index (χ4n) is 2.13. The molecule has 0 aliphatic heterocycles. The summed E-state index contributed by atoms with van der Waals surface area (Å²) in [6.45, 7) is 3.60. The molecule has 0 spiro atoms. The number of hydrogen-bond acceptors (Lipinski definition) is 6. The Bertz CT molecular complexity index is 568. The summed E-state index contributed by atoms with van der Waals surface area (Å²) in [5, 5.41) is 14.2. The molecule has 1 N–H and O–H groups in total. The first-order valence-electron chi connectivity index (χ1n) is 7.32. The zero-order valence-corrected chi connectivity index (χ0v) is 13.3. The van der Waals surface area contributed by atoms with Crippen molar-refractivity contribution in [1.29, 1.82) is 0 Å². The lowest BCUT2D eigenvalue weighted by molar-refractivity contribution is 0.118. The Morgan fingerprint density at radius 2 is 2.05 bits per heavy atom. The molecule has 0 fully saturated rings. The molecule has 1 atom stereocenters. The van der Waals surface area contributed by atoms with Crippen molar-refractivity contribution >= 4 is 0 Å². The predicted molar refractivity (Wildman–Crippen MR) is 82.4 cm³/mol. The number of rotatable bonds is 8. The maximum Gasteiger partial charge on any atom is 0.240 e. The topological polar surface area (TPSA) is 71.6 Å². The van der Waals surface area contributed by atoms with Crippen molar-refractivity contribution in [2.24, 2.45) is 0 Å². The molecule has 1 aromatic heterocycles. The molecule has 1 aromatic carbocycles. The van der Waals surface area contributed by atoms with E-state index in [1.807, 2.05) is 43.1 Å². The van der Waals surface area contributed by atoms with Crippen LogP contribution >= 0.6 is 0 Å². The van der Waals surface area contributed by atoms with E-state index in [1.165, 1.54) is 5.56 Å². The van der Waals surface area contributed by atoms with E-state index < -0.39 is 6.10 Å². The number of aryl methyl sites for hydroxylation is 1. The molecule has 2 aromatic rings. The number of ether oxygens (including phenoxy) is 1. The van der Waals surface area contributed by atoms with Crippen LogP contribution < -0.4 is 0 Å². The highest BCUT2D eigenvalue weighted by molar-refractivity contribution is 5.23. The lowest BCUT2D eigenvalue weighted by Gasteiger charge is -2.19. The average molecular weight is 305 g/mol. The summed E-state index contributed by atoms with van der Waals surface area (Å²) >= 11 is 0. The van der Waals surface area contributed by atoms with Crippen molar-refractivity contribution in [1.82, 2.24) is 15.0 Å². The van der Waals surface area contributed by atoms with E-state index in [4.69, 9.17) is 9.26 Å². The van der Waals surface area contributed by atoms with Crippen molar-refractivity contribution in [3.8, 4) is 0 Å². The molecular weight excluding hydrogens is 282 g/mol. The predicted octanol–water partition coefficient (Wildman–Crippen LogP) is 1.73. The summed E-state index contributed by atoms with van der Waals surface area (Å²) in [6, 6.07) is 7.89. The molecule has 0 saturated heterocycles. The first kappa shape index (κ1) is 16.6. The van der Waals surface area contributed by atoms with Crippen LogP contribution in [-0.4, -0.2) is 47.5 Å². The summed E-state index contributed by atoms with van der Waals surface area (Å²) in [4.78, 5) is 6.25. The van der Waals surface area contributed by atoms with Crippen molar-refractivity contribution in [2.45, 2.75) is 26.0 Å². The monoisotopic (exact) mass is 305 g/mol. The van der Waals surface area contributed by atoms with Gasteiger partial charge in [0.15, 0.2) is 5.82 Å². The number of likely N-dealkylation sites (N-methyl/N-ethyl adjacent to an activating group) is 1. The second-order valence-electron chi connectivity index (χ2n) is 5.47. The summed E-state index contributed by atoms with van der Waals surface area (Å²) in [5.41, 5.74) is 2.09. The number of aliphatic hydroxyl groups excluding tert-OH is 1. The molecule has 2 rings (SSSR count). The van der Waals surface area contributed by atoms with Gasteiger partial charge in [0, 0.05) is 20.1 Å². The zero-order chi connectivity index (χ0) is 15.9. The van der Waals surface area contributed by atoms with Crippen LogP contribution in [0.25, 0.3) is 0 Å². The molecule has 0 amide bonds. The largest absolute Gasteiger partial charge is 0.387 e. The maximum absolute atomic E-state index is 10.3. The van der Waals surface area contributed by atoms with Crippen LogP contribution in [0.4, 0.5) is 0 Å². The molecule has 0 radical (unpaired) electrons. The third-order valence-corrected chi connectivity index (χ3v) is 3.39. The second-order valence-corrected chi connectivity index (χ2v) is 5.47. The molecule has 6 nitrogen and oxygen atoms in total. The van der Waals surface area contributed by atoms with Crippen molar-refractivity contribution < 1.29 is 14.4 Å². The highest BCUT2D eigenvalue weighted by Crippen LogP contribution is 2.15. The van der Waals surface area contributed by atoms with E-state index in [-0.39, 0.29) is 0 Å². The minimum Gasteiger partial charge on any atom is -0.387 e. The summed E-state index contributed by atoms with van der Waals surface area (Å²) in [5.74, 6) is 1.19. The van der Waals surface area contributed by atoms with Gasteiger partial charge in [0.2, 0.25) is 5.89 Å². The molecule has 6 heteroatoms. The molecule has 1 unspecified atom stereocenters. The molecule has 0 bridgehead atoms. The van der Waals surface area contributed by atoms with Crippen LogP contribution in [0.15, 0.2) is 28.8 Å². The highest BCUT2D eigenvalue weighted by atomic mass is 16.5. The van der Waals surface area contributed by atoms with Crippen molar-refractivity contribution in [3.63, 3.8) is 0 Å². The summed E-state index contributed by atoms with van der Waals surface area (Å²) < 4.78 is 10.2. The van der Waals surface area contributed by atoms with E-state index in [1.54, 1.807) is 7.11 Å². The van der Waals surface area contributed by atoms with Gasteiger partial charge in [-0.05, 0) is 19.5 Å². The lowest BCUT2D eigenvalue weighted by atomic mass is 10.1. The van der Waals surface area contributed by atoms with Crippen LogP contribution in [0.5, 0.6) is 0 Å². The van der Waals surface area contributed by atoms with E-state index in [0.29, 0.717) is 37.8 Å². The molecule has 0 saturated carbocycles. The first-order chi connectivity index (χ1) is 10.6. The van der Waals surface area contributed by atoms with Gasteiger partial charge in [0.05, 0.1) is 19.3 Å². The van der Waals surface area contributed by atoms with Crippen LogP contribution in [0, 0.1) is 6.92 Å². The maximum atomic E-state index is 10.3. The average Bonchev–Trinajstić information content (AvgIpc) is 2.93. The fraction of sp³-hybridized carbons (Fsp3) is 0.500. The SMILES string of the molecule is COCCc1noc(CN(C)CC(O)c2ccc(C)cc2)n1. The van der Waals surface area contributed by atoms with E-state index >= 15 is 0 Å². The van der Waals surface area contributed by atoms with Crippen LogP contribution in [-0.2, 0) is 17.7 Å². The molecule has 22 heavy (non-hydrogen) atoms. The van der Waals surface area contributed by atoms with Crippen LogP contribution in [0.1, 0.15) is 28.9 Å². The van der Waals surface area contributed by atoms with Gasteiger partial charge in [-0.1, -0.05) is 35.0 Å². The fourth-order valence-corrected chi connectivity index (χ4v) is 2.13. The van der Waals surface area contributed by atoms with Gasteiger partial charge in [-0.15, -0.1) is 0 Å². The molecule has 0 aliphatic carbocycles. The van der Waals surface area contributed by atoms with Crippen molar-refractivity contribution in [2.75, 3.05) is 27.3 Å². The van der Waals surface area contributed by atoms with Gasteiger partial charge in [0.25, 0.3) is 0 Å². The number of benzene rings is 1.